The fourth-order valence-electron chi connectivity index (χ4n) is 2.52. The molecule has 1 saturated heterocycles. The number of hydrogen-bond acceptors (Lipinski definition) is 4. The maximum atomic E-state index is 10.6. The first kappa shape index (κ1) is 20.1. The number of non-ortho nitro benzene ring substituents is 1. The summed E-state index contributed by atoms with van der Waals surface area (Å²) >= 11 is 0. The lowest BCUT2D eigenvalue weighted by atomic mass is 9.97. The lowest BCUT2D eigenvalue weighted by molar-refractivity contribution is -0.384. The average molecular weight is 336 g/mol. The molecule has 7 heteroatoms. The van der Waals surface area contributed by atoms with Crippen molar-refractivity contribution in [3.8, 4) is 0 Å². The van der Waals surface area contributed by atoms with Crippen molar-refractivity contribution in [3.63, 3.8) is 0 Å². The van der Waals surface area contributed by atoms with Gasteiger partial charge in [-0.2, -0.15) is 0 Å². The third-order valence-corrected chi connectivity index (χ3v) is 3.90. The number of nitro groups is 1. The van der Waals surface area contributed by atoms with Crippen LogP contribution in [0.3, 0.4) is 0 Å². The average Bonchev–Trinajstić information content (AvgIpc) is 2.46. The van der Waals surface area contributed by atoms with Gasteiger partial charge in [0.25, 0.3) is 5.69 Å². The van der Waals surface area contributed by atoms with Crippen LogP contribution in [0.15, 0.2) is 24.3 Å². The van der Waals surface area contributed by atoms with E-state index in [9.17, 15) is 10.1 Å². The largest absolute Gasteiger partial charge is 0.330 e. The van der Waals surface area contributed by atoms with E-state index in [0.717, 1.165) is 38.2 Å². The van der Waals surface area contributed by atoms with Crippen molar-refractivity contribution in [1.29, 1.82) is 0 Å². The quantitative estimate of drug-likeness (QED) is 0.663. The van der Waals surface area contributed by atoms with Gasteiger partial charge in [-0.1, -0.05) is 12.1 Å². The molecule has 0 radical (unpaired) electrons. The van der Waals surface area contributed by atoms with Crippen LogP contribution in [0, 0.1) is 16.0 Å². The van der Waals surface area contributed by atoms with Gasteiger partial charge in [-0.25, -0.2) is 0 Å². The molecule has 21 heavy (non-hydrogen) atoms. The van der Waals surface area contributed by atoms with E-state index < -0.39 is 0 Å². The fourth-order valence-corrected chi connectivity index (χ4v) is 2.52. The molecule has 1 aromatic rings. The Hall–Kier alpha value is -0.880. The summed E-state index contributed by atoms with van der Waals surface area (Å²) in [5.74, 6) is 0.690. The third-order valence-electron chi connectivity index (χ3n) is 3.90. The molecule has 1 heterocycles. The molecule has 0 unspecified atom stereocenters. The molecule has 0 saturated carbocycles. The van der Waals surface area contributed by atoms with E-state index in [2.05, 4.69) is 4.90 Å². The van der Waals surface area contributed by atoms with Crippen LogP contribution in [0.2, 0.25) is 0 Å². The van der Waals surface area contributed by atoms with Crippen LogP contribution in [0.5, 0.6) is 0 Å². The van der Waals surface area contributed by atoms with E-state index >= 15 is 0 Å². The molecule has 1 aromatic carbocycles. The molecule has 5 nitrogen and oxygen atoms in total. The van der Waals surface area contributed by atoms with Gasteiger partial charge in [0.15, 0.2) is 0 Å². The molecule has 0 bridgehead atoms. The lowest BCUT2D eigenvalue weighted by Crippen LogP contribution is -2.37. The van der Waals surface area contributed by atoms with Crippen LogP contribution >= 0.6 is 24.8 Å². The zero-order valence-corrected chi connectivity index (χ0v) is 13.6. The Morgan fingerprint density at radius 1 is 1.19 bits per heavy atom. The molecule has 120 valence electrons. The van der Waals surface area contributed by atoms with E-state index in [4.69, 9.17) is 5.73 Å². The Kier molecular flexibility index (Phi) is 9.53. The van der Waals surface area contributed by atoms with Crippen molar-refractivity contribution in [3.05, 3.63) is 39.9 Å². The Labute approximate surface area is 137 Å². The second-order valence-electron chi connectivity index (χ2n) is 5.19. The Bertz CT molecular complexity index is 421. The highest BCUT2D eigenvalue weighted by molar-refractivity contribution is 5.85. The predicted octanol–water partition coefficient (Wildman–Crippen LogP) is 2.65. The van der Waals surface area contributed by atoms with Crippen molar-refractivity contribution in [1.82, 2.24) is 4.90 Å². The first-order valence-electron chi connectivity index (χ1n) is 6.85. The van der Waals surface area contributed by atoms with E-state index in [1.807, 2.05) is 12.1 Å². The zero-order chi connectivity index (χ0) is 13.7. The van der Waals surface area contributed by atoms with Crippen LogP contribution in [0.1, 0.15) is 18.4 Å². The zero-order valence-electron chi connectivity index (χ0n) is 11.9. The van der Waals surface area contributed by atoms with Gasteiger partial charge in [-0.15, -0.1) is 24.8 Å². The van der Waals surface area contributed by atoms with E-state index in [1.165, 1.54) is 12.8 Å². The monoisotopic (exact) mass is 335 g/mol. The summed E-state index contributed by atoms with van der Waals surface area (Å²) in [4.78, 5) is 12.7. The Balaban J connectivity index is 0.00000200. The Morgan fingerprint density at radius 3 is 2.24 bits per heavy atom. The standard InChI is InChI=1S/C14H21N3O2.2ClH/c15-11-13-6-9-16(10-7-13)8-5-12-1-3-14(4-2-12)17(18)19;;/h1-4,13H,5-11,15H2;2*1H. The number of nitro benzene ring substituents is 1. The molecule has 0 atom stereocenters. The van der Waals surface area contributed by atoms with E-state index in [-0.39, 0.29) is 35.4 Å². The van der Waals surface area contributed by atoms with E-state index in [1.54, 1.807) is 12.1 Å². The molecular weight excluding hydrogens is 313 g/mol. The molecule has 1 aliphatic heterocycles. The van der Waals surface area contributed by atoms with Gasteiger partial charge in [-0.05, 0) is 50.4 Å². The van der Waals surface area contributed by atoms with Crippen molar-refractivity contribution in [2.75, 3.05) is 26.2 Å². The molecular formula is C14H23Cl2N3O2. The summed E-state index contributed by atoms with van der Waals surface area (Å²) in [7, 11) is 0. The van der Waals surface area contributed by atoms with Crippen LogP contribution in [-0.4, -0.2) is 36.0 Å². The summed E-state index contributed by atoms with van der Waals surface area (Å²) in [6.45, 7) is 4.06. The van der Waals surface area contributed by atoms with Gasteiger partial charge < -0.3 is 10.6 Å². The SMILES string of the molecule is Cl.Cl.NCC1CCN(CCc2ccc([N+](=O)[O-])cc2)CC1. The van der Waals surface area contributed by atoms with Crippen LogP contribution in [0.25, 0.3) is 0 Å². The number of nitrogens with two attached hydrogens (primary N) is 1. The number of likely N-dealkylation sites (tertiary alicyclic amines) is 1. The number of piperidine rings is 1. The lowest BCUT2D eigenvalue weighted by Gasteiger charge is -2.31. The summed E-state index contributed by atoms with van der Waals surface area (Å²) in [5, 5.41) is 10.6. The summed E-state index contributed by atoms with van der Waals surface area (Å²) < 4.78 is 0. The predicted molar refractivity (Wildman–Crippen MR) is 89.5 cm³/mol. The minimum Gasteiger partial charge on any atom is -0.330 e. The van der Waals surface area contributed by atoms with Gasteiger partial charge in [0, 0.05) is 18.7 Å². The molecule has 0 spiro atoms. The molecule has 1 fully saturated rings. The molecule has 1 aliphatic rings. The summed E-state index contributed by atoms with van der Waals surface area (Å²) in [6.07, 6.45) is 3.33. The second-order valence-corrected chi connectivity index (χ2v) is 5.19. The first-order valence-corrected chi connectivity index (χ1v) is 6.85. The van der Waals surface area contributed by atoms with Crippen LogP contribution in [-0.2, 0) is 6.42 Å². The molecule has 0 aliphatic carbocycles. The minimum atomic E-state index is -0.360. The highest BCUT2D eigenvalue weighted by Gasteiger charge is 2.17. The van der Waals surface area contributed by atoms with Crippen LogP contribution < -0.4 is 5.73 Å². The molecule has 2 rings (SSSR count). The van der Waals surface area contributed by atoms with Crippen molar-refractivity contribution in [2.45, 2.75) is 19.3 Å². The first-order chi connectivity index (χ1) is 9.19. The van der Waals surface area contributed by atoms with Gasteiger partial charge in [0.2, 0.25) is 0 Å². The fraction of sp³-hybridized carbons (Fsp3) is 0.571. The second kappa shape index (κ2) is 9.95. The van der Waals surface area contributed by atoms with Gasteiger partial charge in [-0.3, -0.25) is 10.1 Å². The van der Waals surface area contributed by atoms with Gasteiger partial charge in [0.1, 0.15) is 0 Å². The van der Waals surface area contributed by atoms with Crippen molar-refractivity contribution in [2.24, 2.45) is 11.7 Å². The topological polar surface area (TPSA) is 72.4 Å². The highest BCUT2D eigenvalue weighted by Crippen LogP contribution is 2.17. The number of hydrogen-bond donors (Lipinski definition) is 1. The highest BCUT2D eigenvalue weighted by atomic mass is 35.5. The number of rotatable bonds is 5. The normalized spacial score (nSPS) is 15.9. The maximum absolute atomic E-state index is 10.6. The molecule has 0 amide bonds. The summed E-state index contributed by atoms with van der Waals surface area (Å²) in [6, 6.07) is 6.86. The summed E-state index contributed by atoms with van der Waals surface area (Å²) in [5.41, 5.74) is 7.00. The maximum Gasteiger partial charge on any atom is 0.269 e. The third kappa shape index (κ3) is 6.18. The van der Waals surface area contributed by atoms with Crippen molar-refractivity contribution < 1.29 is 4.92 Å². The van der Waals surface area contributed by atoms with E-state index in [0.29, 0.717) is 5.92 Å². The minimum absolute atomic E-state index is 0. The van der Waals surface area contributed by atoms with Crippen LogP contribution in [0.4, 0.5) is 5.69 Å². The van der Waals surface area contributed by atoms with Crippen molar-refractivity contribution >= 4 is 30.5 Å². The molecule has 2 N–H and O–H groups in total. The van der Waals surface area contributed by atoms with Gasteiger partial charge >= 0.3 is 0 Å². The number of benzene rings is 1. The smallest absolute Gasteiger partial charge is 0.269 e. The number of nitrogens with zero attached hydrogens (tertiary/aromatic N) is 2. The Morgan fingerprint density at radius 2 is 1.76 bits per heavy atom. The molecule has 0 aromatic heterocycles. The number of halogens is 2. The van der Waals surface area contributed by atoms with Gasteiger partial charge in [0.05, 0.1) is 4.92 Å².